The highest BCUT2D eigenvalue weighted by Gasteiger charge is 2.30. The Bertz CT molecular complexity index is 894. The van der Waals surface area contributed by atoms with E-state index in [1.54, 1.807) is 11.0 Å². The maximum absolute atomic E-state index is 14.2. The first kappa shape index (κ1) is 23.3. The molecule has 2 amide bonds. The zero-order valence-corrected chi connectivity index (χ0v) is 18.6. The van der Waals surface area contributed by atoms with Crippen LogP contribution in [0.5, 0.6) is 5.75 Å². The lowest BCUT2D eigenvalue weighted by Gasteiger charge is -2.32. The molecule has 0 saturated carbocycles. The molecule has 2 aromatic rings. The van der Waals surface area contributed by atoms with Crippen LogP contribution in [0.2, 0.25) is 5.02 Å². The summed E-state index contributed by atoms with van der Waals surface area (Å²) in [5.74, 6) is -0.889. The van der Waals surface area contributed by atoms with Gasteiger partial charge in [-0.05, 0) is 37.5 Å². The zero-order valence-electron chi connectivity index (χ0n) is 17.8. The van der Waals surface area contributed by atoms with Crippen LogP contribution >= 0.6 is 11.6 Å². The SMILES string of the molecule is CCCCCCCN(C(=O)Nc1ccc(F)cc1F)C1CCCOc2c(Cl)cccc21. The van der Waals surface area contributed by atoms with Crippen LogP contribution in [-0.2, 0) is 0 Å². The van der Waals surface area contributed by atoms with Crippen molar-refractivity contribution in [3.63, 3.8) is 0 Å². The molecule has 0 fully saturated rings. The number of unbranched alkanes of at least 4 members (excludes halogenated alkanes) is 4. The fourth-order valence-corrected chi connectivity index (χ4v) is 4.17. The number of amides is 2. The van der Waals surface area contributed by atoms with E-state index in [2.05, 4.69) is 12.2 Å². The molecular formula is C24H29ClF2N2O2. The number of fused-ring (bicyclic) bond motifs is 1. The minimum absolute atomic E-state index is 0.0430. The van der Waals surface area contributed by atoms with E-state index in [9.17, 15) is 13.6 Å². The summed E-state index contributed by atoms with van der Waals surface area (Å²) in [5, 5.41) is 3.14. The molecule has 2 aromatic carbocycles. The highest BCUT2D eigenvalue weighted by molar-refractivity contribution is 6.32. The van der Waals surface area contributed by atoms with Gasteiger partial charge in [0.1, 0.15) is 17.4 Å². The lowest BCUT2D eigenvalue weighted by atomic mass is 9.99. The van der Waals surface area contributed by atoms with Crippen LogP contribution in [0, 0.1) is 11.6 Å². The van der Waals surface area contributed by atoms with Crippen molar-refractivity contribution >= 4 is 23.3 Å². The molecule has 31 heavy (non-hydrogen) atoms. The third-order valence-corrected chi connectivity index (χ3v) is 5.83. The molecule has 0 saturated heterocycles. The van der Waals surface area contributed by atoms with E-state index in [-0.39, 0.29) is 11.7 Å². The van der Waals surface area contributed by atoms with Gasteiger partial charge in [0, 0.05) is 18.2 Å². The van der Waals surface area contributed by atoms with E-state index >= 15 is 0 Å². The minimum Gasteiger partial charge on any atom is -0.492 e. The molecule has 0 aromatic heterocycles. The summed E-state index contributed by atoms with van der Waals surface area (Å²) >= 11 is 6.36. The van der Waals surface area contributed by atoms with Crippen molar-refractivity contribution in [1.29, 1.82) is 0 Å². The molecule has 1 aliphatic heterocycles. The van der Waals surface area contributed by atoms with Gasteiger partial charge in [0.2, 0.25) is 0 Å². The first-order chi connectivity index (χ1) is 15.0. The standard InChI is InChI=1S/C24H29ClF2N2O2/c1-2-3-4-5-6-14-29(24(30)28-21-13-12-17(26)16-20(21)27)22-11-8-15-31-23-18(22)9-7-10-19(23)25/h7,9-10,12-13,16,22H,2-6,8,11,14-15H2,1H3,(H,28,30). The van der Waals surface area contributed by atoms with E-state index in [1.807, 2.05) is 12.1 Å². The second-order valence-electron chi connectivity index (χ2n) is 7.83. The molecule has 168 valence electrons. The van der Waals surface area contributed by atoms with Crippen molar-refractivity contribution in [2.75, 3.05) is 18.5 Å². The van der Waals surface area contributed by atoms with Crippen LogP contribution in [-0.4, -0.2) is 24.1 Å². The summed E-state index contributed by atoms with van der Waals surface area (Å²) in [4.78, 5) is 15.0. The van der Waals surface area contributed by atoms with Crippen LogP contribution in [0.4, 0.5) is 19.3 Å². The quantitative estimate of drug-likeness (QED) is 0.427. The molecule has 1 atom stereocenters. The number of para-hydroxylation sites is 1. The molecule has 4 nitrogen and oxygen atoms in total. The van der Waals surface area contributed by atoms with E-state index in [4.69, 9.17) is 16.3 Å². The number of hydrogen-bond acceptors (Lipinski definition) is 2. The number of benzene rings is 2. The first-order valence-electron chi connectivity index (χ1n) is 10.9. The van der Waals surface area contributed by atoms with Crippen molar-refractivity contribution < 1.29 is 18.3 Å². The number of nitrogens with one attached hydrogen (secondary N) is 1. The molecule has 0 bridgehead atoms. The van der Waals surface area contributed by atoms with Gasteiger partial charge in [0.05, 0.1) is 23.4 Å². The molecule has 0 radical (unpaired) electrons. The van der Waals surface area contributed by atoms with Gasteiger partial charge in [-0.15, -0.1) is 0 Å². The Labute approximate surface area is 187 Å². The van der Waals surface area contributed by atoms with Gasteiger partial charge in [-0.25, -0.2) is 13.6 Å². The number of urea groups is 1. The van der Waals surface area contributed by atoms with Gasteiger partial charge in [0.15, 0.2) is 0 Å². The largest absolute Gasteiger partial charge is 0.492 e. The Morgan fingerprint density at radius 2 is 2.00 bits per heavy atom. The number of rotatable bonds is 8. The predicted molar refractivity (Wildman–Crippen MR) is 120 cm³/mol. The van der Waals surface area contributed by atoms with Crippen molar-refractivity contribution in [2.24, 2.45) is 0 Å². The third kappa shape index (κ3) is 6.10. The Morgan fingerprint density at radius 1 is 1.19 bits per heavy atom. The molecule has 1 unspecified atom stereocenters. The van der Waals surface area contributed by atoms with Crippen molar-refractivity contribution in [3.8, 4) is 5.75 Å². The molecule has 0 spiro atoms. The highest BCUT2D eigenvalue weighted by atomic mass is 35.5. The fourth-order valence-electron chi connectivity index (χ4n) is 3.93. The normalized spacial score (nSPS) is 15.5. The monoisotopic (exact) mass is 450 g/mol. The number of ether oxygens (including phenoxy) is 1. The average Bonchev–Trinajstić information content (AvgIpc) is 2.96. The zero-order chi connectivity index (χ0) is 22.2. The van der Waals surface area contributed by atoms with Crippen molar-refractivity contribution in [1.82, 2.24) is 4.90 Å². The summed E-state index contributed by atoms with van der Waals surface area (Å²) in [7, 11) is 0. The summed E-state index contributed by atoms with van der Waals surface area (Å²) in [5.41, 5.74) is 0.812. The smallest absolute Gasteiger partial charge is 0.322 e. The highest BCUT2D eigenvalue weighted by Crippen LogP contribution is 2.40. The van der Waals surface area contributed by atoms with Crippen LogP contribution in [0.25, 0.3) is 0 Å². The van der Waals surface area contributed by atoms with E-state index in [0.717, 1.165) is 56.2 Å². The fraction of sp³-hybridized carbons (Fsp3) is 0.458. The van der Waals surface area contributed by atoms with Gasteiger partial charge < -0.3 is 15.0 Å². The van der Waals surface area contributed by atoms with Gasteiger partial charge in [-0.1, -0.05) is 56.3 Å². The molecule has 1 N–H and O–H groups in total. The minimum atomic E-state index is -0.802. The number of carbonyl (C=O) groups excluding carboxylic acids is 1. The van der Waals surface area contributed by atoms with E-state index in [1.165, 1.54) is 6.07 Å². The van der Waals surface area contributed by atoms with E-state index < -0.39 is 17.7 Å². The molecule has 7 heteroatoms. The predicted octanol–water partition coefficient (Wildman–Crippen LogP) is 7.34. The number of carbonyl (C=O) groups is 1. The maximum Gasteiger partial charge on any atom is 0.322 e. The summed E-state index contributed by atoms with van der Waals surface area (Å²) in [6.45, 7) is 3.20. The molecule has 1 heterocycles. The van der Waals surface area contributed by atoms with Gasteiger partial charge in [-0.2, -0.15) is 0 Å². The second-order valence-corrected chi connectivity index (χ2v) is 8.23. The van der Waals surface area contributed by atoms with Gasteiger partial charge >= 0.3 is 6.03 Å². The number of hydrogen-bond donors (Lipinski definition) is 1. The first-order valence-corrected chi connectivity index (χ1v) is 11.3. The Hall–Kier alpha value is -2.34. The second kappa shape index (κ2) is 11.3. The van der Waals surface area contributed by atoms with Crippen molar-refractivity contribution in [2.45, 2.75) is 57.9 Å². The van der Waals surface area contributed by atoms with E-state index in [0.29, 0.717) is 30.3 Å². The van der Waals surface area contributed by atoms with Gasteiger partial charge in [-0.3, -0.25) is 0 Å². The number of halogens is 3. The average molecular weight is 451 g/mol. The molecule has 1 aliphatic rings. The molecular weight excluding hydrogens is 422 g/mol. The lowest BCUT2D eigenvalue weighted by molar-refractivity contribution is 0.181. The van der Waals surface area contributed by atoms with Crippen LogP contribution in [0.15, 0.2) is 36.4 Å². The van der Waals surface area contributed by atoms with Gasteiger partial charge in [0.25, 0.3) is 0 Å². The number of nitrogens with zero attached hydrogens (tertiary/aromatic N) is 1. The van der Waals surface area contributed by atoms with Crippen LogP contribution in [0.1, 0.15) is 63.5 Å². The molecule has 3 rings (SSSR count). The number of anilines is 1. The Kier molecular flexibility index (Phi) is 8.52. The molecule has 0 aliphatic carbocycles. The lowest BCUT2D eigenvalue weighted by Crippen LogP contribution is -2.39. The van der Waals surface area contributed by atoms with Crippen molar-refractivity contribution in [3.05, 3.63) is 58.6 Å². The maximum atomic E-state index is 14.2. The Morgan fingerprint density at radius 3 is 2.77 bits per heavy atom. The van der Waals surface area contributed by atoms with Crippen LogP contribution < -0.4 is 10.1 Å². The third-order valence-electron chi connectivity index (χ3n) is 5.54. The van der Waals surface area contributed by atoms with Crippen LogP contribution in [0.3, 0.4) is 0 Å². The summed E-state index contributed by atoms with van der Waals surface area (Å²) < 4.78 is 33.3. The summed E-state index contributed by atoms with van der Waals surface area (Å²) in [6.07, 6.45) is 6.72. The Balaban J connectivity index is 1.85. The topological polar surface area (TPSA) is 41.6 Å². The summed E-state index contributed by atoms with van der Waals surface area (Å²) in [6, 6.07) is 8.01.